The number of benzene rings is 1. The largest absolute Gasteiger partial charge is 0.502 e. The van der Waals surface area contributed by atoms with Crippen LogP contribution in [0, 0.1) is 21.4 Å². The summed E-state index contributed by atoms with van der Waals surface area (Å²) in [4.78, 5) is 9.78. The number of aryl methyl sites for hydroxylation is 1. The van der Waals surface area contributed by atoms with Gasteiger partial charge in [-0.1, -0.05) is 6.07 Å². The molecule has 0 aromatic heterocycles. The minimum absolute atomic E-state index is 0.307. The molecule has 0 aliphatic carbocycles. The molecule has 1 N–H and O–H groups in total. The average molecular weight is 192 g/mol. The first-order chi connectivity index (χ1) is 6.65. The maximum atomic E-state index is 10.4. The fourth-order valence-corrected chi connectivity index (χ4v) is 1.07. The van der Waals surface area contributed by atoms with Crippen LogP contribution in [0.15, 0.2) is 18.2 Å². The van der Waals surface area contributed by atoms with E-state index in [0.29, 0.717) is 18.4 Å². The normalized spacial score (nSPS) is 9.36. The molecule has 0 atom stereocenters. The van der Waals surface area contributed by atoms with Crippen LogP contribution in [-0.4, -0.2) is 10.0 Å². The highest BCUT2D eigenvalue weighted by molar-refractivity contribution is 5.47. The second kappa shape index (κ2) is 4.23. The maximum Gasteiger partial charge on any atom is 0.310 e. The van der Waals surface area contributed by atoms with E-state index in [-0.39, 0.29) is 11.4 Å². The second-order valence-electron chi connectivity index (χ2n) is 2.74. The first-order valence-corrected chi connectivity index (χ1v) is 3.98. The summed E-state index contributed by atoms with van der Waals surface area (Å²) in [6.07, 6.45) is 0.763. The Morgan fingerprint density at radius 2 is 2.29 bits per heavy atom. The average Bonchev–Trinajstić information content (AvgIpc) is 2.16. The zero-order valence-electron chi connectivity index (χ0n) is 7.30. The first-order valence-electron chi connectivity index (χ1n) is 3.98. The molecule has 72 valence electrons. The fraction of sp³-hybridized carbons (Fsp3) is 0.222. The molecule has 0 unspecified atom stereocenters. The summed E-state index contributed by atoms with van der Waals surface area (Å²) >= 11 is 0. The Kier molecular flexibility index (Phi) is 3.02. The third kappa shape index (κ3) is 2.20. The number of rotatable bonds is 3. The van der Waals surface area contributed by atoms with Gasteiger partial charge in [-0.25, -0.2) is 0 Å². The number of phenolic OH excluding ortho intramolecular Hbond substituents is 1. The predicted molar refractivity (Wildman–Crippen MR) is 48.7 cm³/mol. The molecule has 5 nitrogen and oxygen atoms in total. The van der Waals surface area contributed by atoms with Crippen LogP contribution in [0.3, 0.4) is 0 Å². The Morgan fingerprint density at radius 1 is 1.57 bits per heavy atom. The molecule has 0 aliphatic heterocycles. The highest BCUT2D eigenvalue weighted by Crippen LogP contribution is 2.26. The van der Waals surface area contributed by atoms with Crippen molar-refractivity contribution in [1.29, 1.82) is 5.26 Å². The van der Waals surface area contributed by atoms with Crippen LogP contribution in [-0.2, 0) is 6.42 Å². The summed E-state index contributed by atoms with van der Waals surface area (Å²) in [5.74, 6) is -0.351. The van der Waals surface area contributed by atoms with Crippen LogP contribution in [0.25, 0.3) is 0 Å². The van der Waals surface area contributed by atoms with Crippen molar-refractivity contribution in [3.8, 4) is 11.8 Å². The van der Waals surface area contributed by atoms with Crippen LogP contribution >= 0.6 is 0 Å². The second-order valence-corrected chi connectivity index (χ2v) is 2.74. The molecule has 0 aliphatic rings. The minimum Gasteiger partial charge on any atom is -0.502 e. The quantitative estimate of drug-likeness (QED) is 0.583. The van der Waals surface area contributed by atoms with Gasteiger partial charge in [0.1, 0.15) is 0 Å². The molecular weight excluding hydrogens is 184 g/mol. The van der Waals surface area contributed by atoms with Gasteiger partial charge in [-0.15, -0.1) is 0 Å². The molecular formula is C9H8N2O3. The SMILES string of the molecule is N#CCCc1ccc(O)c([N+](=O)[O-])c1. The van der Waals surface area contributed by atoms with Crippen LogP contribution in [0.1, 0.15) is 12.0 Å². The third-order valence-corrected chi connectivity index (χ3v) is 1.76. The molecule has 0 amide bonds. The Labute approximate surface area is 80.4 Å². The van der Waals surface area contributed by atoms with Gasteiger partial charge >= 0.3 is 5.69 Å². The van der Waals surface area contributed by atoms with Crippen molar-refractivity contribution in [3.63, 3.8) is 0 Å². The van der Waals surface area contributed by atoms with Crippen molar-refractivity contribution in [1.82, 2.24) is 0 Å². The number of nitriles is 1. The first kappa shape index (κ1) is 9.99. The van der Waals surface area contributed by atoms with Crippen molar-refractivity contribution in [2.45, 2.75) is 12.8 Å². The Hall–Kier alpha value is -2.09. The number of hydrogen-bond donors (Lipinski definition) is 1. The number of nitro benzene ring substituents is 1. The van der Waals surface area contributed by atoms with E-state index in [1.807, 2.05) is 6.07 Å². The molecule has 1 aromatic carbocycles. The lowest BCUT2D eigenvalue weighted by Gasteiger charge is -1.99. The van der Waals surface area contributed by atoms with Gasteiger partial charge in [-0.3, -0.25) is 10.1 Å². The zero-order chi connectivity index (χ0) is 10.6. The summed E-state index contributed by atoms with van der Waals surface area (Å²) < 4.78 is 0. The number of nitrogens with zero attached hydrogens (tertiary/aromatic N) is 2. The smallest absolute Gasteiger partial charge is 0.310 e. The van der Waals surface area contributed by atoms with Crippen LogP contribution in [0.4, 0.5) is 5.69 Å². The monoisotopic (exact) mass is 192 g/mol. The Bertz CT molecular complexity index is 396. The van der Waals surface area contributed by atoms with Gasteiger partial charge in [-0.2, -0.15) is 5.26 Å². The van der Waals surface area contributed by atoms with Gasteiger partial charge in [0.2, 0.25) is 0 Å². The van der Waals surface area contributed by atoms with Crippen molar-refractivity contribution in [2.75, 3.05) is 0 Å². The molecule has 5 heteroatoms. The topological polar surface area (TPSA) is 87.2 Å². The number of nitro groups is 1. The molecule has 0 saturated carbocycles. The van der Waals surface area contributed by atoms with E-state index >= 15 is 0 Å². The lowest BCUT2D eigenvalue weighted by molar-refractivity contribution is -0.385. The maximum absolute atomic E-state index is 10.4. The number of aromatic hydroxyl groups is 1. The van der Waals surface area contributed by atoms with Gasteiger partial charge in [0, 0.05) is 12.5 Å². The highest BCUT2D eigenvalue weighted by Gasteiger charge is 2.12. The molecule has 14 heavy (non-hydrogen) atoms. The summed E-state index contributed by atoms with van der Waals surface area (Å²) in [7, 11) is 0. The molecule has 1 aromatic rings. The molecule has 0 bridgehead atoms. The molecule has 0 spiro atoms. The van der Waals surface area contributed by atoms with E-state index in [9.17, 15) is 10.1 Å². The van der Waals surface area contributed by atoms with E-state index in [0.717, 1.165) is 0 Å². The molecule has 0 radical (unpaired) electrons. The highest BCUT2D eigenvalue weighted by atomic mass is 16.6. The van der Waals surface area contributed by atoms with Gasteiger partial charge < -0.3 is 5.11 Å². The van der Waals surface area contributed by atoms with Crippen LogP contribution < -0.4 is 0 Å². The molecule has 0 heterocycles. The van der Waals surface area contributed by atoms with E-state index < -0.39 is 4.92 Å². The Balaban J connectivity index is 2.96. The predicted octanol–water partition coefficient (Wildman–Crippen LogP) is 1.76. The lowest BCUT2D eigenvalue weighted by Crippen LogP contribution is -1.91. The summed E-state index contributed by atoms with van der Waals surface area (Å²) in [6.45, 7) is 0. The van der Waals surface area contributed by atoms with E-state index in [1.54, 1.807) is 6.07 Å². The van der Waals surface area contributed by atoms with Crippen LogP contribution in [0.2, 0.25) is 0 Å². The summed E-state index contributed by atoms with van der Waals surface area (Å²) in [6, 6.07) is 6.07. The van der Waals surface area contributed by atoms with Crippen molar-refractivity contribution >= 4 is 5.69 Å². The van der Waals surface area contributed by atoms with Crippen molar-refractivity contribution in [3.05, 3.63) is 33.9 Å². The van der Waals surface area contributed by atoms with Crippen molar-refractivity contribution in [2.24, 2.45) is 0 Å². The van der Waals surface area contributed by atoms with E-state index in [1.165, 1.54) is 12.1 Å². The third-order valence-electron chi connectivity index (χ3n) is 1.76. The van der Waals surface area contributed by atoms with E-state index in [4.69, 9.17) is 10.4 Å². The van der Waals surface area contributed by atoms with Gasteiger partial charge in [-0.05, 0) is 18.1 Å². The lowest BCUT2D eigenvalue weighted by atomic mass is 10.1. The standard InChI is InChI=1S/C9H8N2O3/c10-5-1-2-7-3-4-9(12)8(6-7)11(13)14/h3-4,6,12H,1-2H2. The summed E-state index contributed by atoms with van der Waals surface area (Å²) in [5.41, 5.74) is 0.358. The van der Waals surface area contributed by atoms with Crippen LogP contribution in [0.5, 0.6) is 5.75 Å². The minimum atomic E-state index is -0.648. The number of hydrogen-bond acceptors (Lipinski definition) is 4. The van der Waals surface area contributed by atoms with Gasteiger partial charge in [0.25, 0.3) is 0 Å². The zero-order valence-corrected chi connectivity index (χ0v) is 7.30. The van der Waals surface area contributed by atoms with Gasteiger partial charge in [0.05, 0.1) is 11.0 Å². The molecule has 0 saturated heterocycles. The fourth-order valence-electron chi connectivity index (χ4n) is 1.07. The molecule has 1 rings (SSSR count). The summed E-state index contributed by atoms with van der Waals surface area (Å²) in [5, 5.41) is 27.9. The molecule has 0 fully saturated rings. The van der Waals surface area contributed by atoms with E-state index in [2.05, 4.69) is 0 Å². The Morgan fingerprint density at radius 3 is 2.86 bits per heavy atom. The van der Waals surface area contributed by atoms with Gasteiger partial charge in [0.15, 0.2) is 5.75 Å². The van der Waals surface area contributed by atoms with Crippen molar-refractivity contribution < 1.29 is 10.0 Å². The number of phenols is 1.